The fraction of sp³-hybridized carbons (Fsp3) is 0.188. The summed E-state index contributed by atoms with van der Waals surface area (Å²) in [6.07, 6.45) is 5.10. The van der Waals surface area contributed by atoms with Crippen molar-refractivity contribution in [2.75, 3.05) is 5.32 Å². The zero-order chi connectivity index (χ0) is 16.2. The fourth-order valence-electron chi connectivity index (χ4n) is 2.19. The highest BCUT2D eigenvalue weighted by Crippen LogP contribution is 2.15. The molecular formula is C16H16BrN5O. The molecule has 2 aromatic heterocycles. The van der Waals surface area contributed by atoms with Crippen LogP contribution in [0.5, 0.6) is 0 Å². The number of hydrogen-bond acceptors (Lipinski definition) is 3. The Balaban J connectivity index is 1.71. The number of carbonyl (C=O) groups excluding carboxylic acids is 1. The van der Waals surface area contributed by atoms with Crippen LogP contribution >= 0.6 is 15.9 Å². The van der Waals surface area contributed by atoms with Crippen LogP contribution in [0.1, 0.15) is 18.5 Å². The normalized spacial score (nSPS) is 12.1. The molecule has 6 nitrogen and oxygen atoms in total. The van der Waals surface area contributed by atoms with E-state index in [1.165, 1.54) is 0 Å². The van der Waals surface area contributed by atoms with Gasteiger partial charge in [0.15, 0.2) is 0 Å². The molecule has 0 bridgehead atoms. The lowest BCUT2D eigenvalue weighted by molar-refractivity contribution is -0.119. The lowest BCUT2D eigenvalue weighted by Crippen LogP contribution is -2.25. The second-order valence-corrected chi connectivity index (χ2v) is 6.07. The van der Waals surface area contributed by atoms with E-state index in [-0.39, 0.29) is 11.9 Å². The van der Waals surface area contributed by atoms with Gasteiger partial charge in [0, 0.05) is 22.9 Å². The number of carbonyl (C=O) groups is 1. The maximum Gasteiger partial charge on any atom is 0.250 e. The lowest BCUT2D eigenvalue weighted by atomic mass is 10.2. The van der Waals surface area contributed by atoms with E-state index in [2.05, 4.69) is 31.4 Å². The molecule has 1 atom stereocenters. The van der Waals surface area contributed by atoms with Crippen molar-refractivity contribution >= 4 is 27.7 Å². The SMILES string of the molecule is CC(C(=O)Nc1ccnn1Cc1ccc(Br)cc1)n1cccn1. The molecule has 0 spiro atoms. The van der Waals surface area contributed by atoms with Crippen molar-refractivity contribution in [3.8, 4) is 0 Å². The molecule has 7 heteroatoms. The highest BCUT2D eigenvalue weighted by molar-refractivity contribution is 9.10. The van der Waals surface area contributed by atoms with E-state index < -0.39 is 0 Å². The smallest absolute Gasteiger partial charge is 0.250 e. The van der Waals surface area contributed by atoms with Crippen LogP contribution < -0.4 is 5.32 Å². The molecule has 2 heterocycles. The van der Waals surface area contributed by atoms with Gasteiger partial charge in [0.2, 0.25) is 5.91 Å². The molecule has 0 aliphatic rings. The molecule has 1 amide bonds. The van der Waals surface area contributed by atoms with Crippen LogP contribution in [0.15, 0.2) is 59.5 Å². The first-order chi connectivity index (χ1) is 11.1. The number of anilines is 1. The Morgan fingerprint density at radius 2 is 2.00 bits per heavy atom. The first-order valence-electron chi connectivity index (χ1n) is 7.20. The number of aromatic nitrogens is 4. The molecular weight excluding hydrogens is 358 g/mol. The second kappa shape index (κ2) is 6.78. The molecule has 0 radical (unpaired) electrons. The Morgan fingerprint density at radius 3 is 2.70 bits per heavy atom. The van der Waals surface area contributed by atoms with Gasteiger partial charge < -0.3 is 5.32 Å². The van der Waals surface area contributed by atoms with Crippen molar-refractivity contribution in [1.82, 2.24) is 19.6 Å². The van der Waals surface area contributed by atoms with Crippen LogP contribution in [0.3, 0.4) is 0 Å². The lowest BCUT2D eigenvalue weighted by Gasteiger charge is -2.14. The van der Waals surface area contributed by atoms with Crippen molar-refractivity contribution in [2.24, 2.45) is 0 Å². The van der Waals surface area contributed by atoms with E-state index in [1.54, 1.807) is 47.0 Å². The van der Waals surface area contributed by atoms with Gasteiger partial charge in [-0.25, -0.2) is 4.68 Å². The summed E-state index contributed by atoms with van der Waals surface area (Å²) in [7, 11) is 0. The van der Waals surface area contributed by atoms with Crippen LogP contribution in [-0.4, -0.2) is 25.5 Å². The molecule has 118 valence electrons. The number of hydrogen-bond donors (Lipinski definition) is 1. The number of rotatable bonds is 5. The molecule has 0 saturated carbocycles. The van der Waals surface area contributed by atoms with Gasteiger partial charge in [0.25, 0.3) is 0 Å². The minimum Gasteiger partial charge on any atom is -0.309 e. The Hall–Kier alpha value is -2.41. The Kier molecular flexibility index (Phi) is 4.57. The number of nitrogens with zero attached hydrogens (tertiary/aromatic N) is 4. The minimum atomic E-state index is -0.388. The number of benzene rings is 1. The quantitative estimate of drug-likeness (QED) is 0.747. The molecule has 3 aromatic rings. The molecule has 3 rings (SSSR count). The average Bonchev–Trinajstić information content (AvgIpc) is 3.21. The zero-order valence-electron chi connectivity index (χ0n) is 12.6. The third-order valence-electron chi connectivity index (χ3n) is 3.51. The van der Waals surface area contributed by atoms with Crippen LogP contribution in [0.4, 0.5) is 5.82 Å². The summed E-state index contributed by atoms with van der Waals surface area (Å²) < 4.78 is 4.41. The highest BCUT2D eigenvalue weighted by atomic mass is 79.9. The van der Waals surface area contributed by atoms with Gasteiger partial charge in [-0.3, -0.25) is 9.48 Å². The van der Waals surface area contributed by atoms with E-state index in [0.29, 0.717) is 12.4 Å². The van der Waals surface area contributed by atoms with Crippen LogP contribution in [0, 0.1) is 0 Å². The molecule has 1 N–H and O–H groups in total. The number of amides is 1. The molecule has 0 saturated heterocycles. The van der Waals surface area contributed by atoms with Crippen molar-refractivity contribution in [1.29, 1.82) is 0 Å². The zero-order valence-corrected chi connectivity index (χ0v) is 14.1. The largest absolute Gasteiger partial charge is 0.309 e. The summed E-state index contributed by atoms with van der Waals surface area (Å²) >= 11 is 3.42. The fourth-order valence-corrected chi connectivity index (χ4v) is 2.45. The summed E-state index contributed by atoms with van der Waals surface area (Å²) in [6, 6.07) is 11.2. The first kappa shape index (κ1) is 15.5. The average molecular weight is 374 g/mol. The van der Waals surface area contributed by atoms with Crippen molar-refractivity contribution in [3.63, 3.8) is 0 Å². The Labute approximate surface area is 142 Å². The van der Waals surface area contributed by atoms with Gasteiger partial charge in [-0.15, -0.1) is 0 Å². The van der Waals surface area contributed by atoms with E-state index in [0.717, 1.165) is 10.0 Å². The van der Waals surface area contributed by atoms with Gasteiger partial charge >= 0.3 is 0 Å². The van der Waals surface area contributed by atoms with E-state index in [1.807, 2.05) is 24.3 Å². The maximum atomic E-state index is 12.3. The third-order valence-corrected chi connectivity index (χ3v) is 4.04. The van der Waals surface area contributed by atoms with Crippen LogP contribution in [-0.2, 0) is 11.3 Å². The van der Waals surface area contributed by atoms with E-state index in [4.69, 9.17) is 0 Å². The monoisotopic (exact) mass is 373 g/mol. The van der Waals surface area contributed by atoms with E-state index >= 15 is 0 Å². The number of halogens is 1. The maximum absolute atomic E-state index is 12.3. The van der Waals surface area contributed by atoms with Gasteiger partial charge in [0.1, 0.15) is 11.9 Å². The van der Waals surface area contributed by atoms with Crippen molar-refractivity contribution < 1.29 is 4.79 Å². The predicted octanol–water partition coefficient (Wildman–Crippen LogP) is 3.09. The summed E-state index contributed by atoms with van der Waals surface area (Å²) in [5.74, 6) is 0.531. The number of nitrogens with one attached hydrogen (secondary N) is 1. The Bertz CT molecular complexity index is 779. The molecule has 0 aliphatic carbocycles. The topological polar surface area (TPSA) is 64.7 Å². The minimum absolute atomic E-state index is 0.133. The molecule has 0 aliphatic heterocycles. The molecule has 1 unspecified atom stereocenters. The first-order valence-corrected chi connectivity index (χ1v) is 7.99. The van der Waals surface area contributed by atoms with Crippen molar-refractivity contribution in [2.45, 2.75) is 19.5 Å². The summed E-state index contributed by atoms with van der Waals surface area (Å²) in [5.41, 5.74) is 1.10. The Morgan fingerprint density at radius 1 is 1.22 bits per heavy atom. The standard InChI is InChI=1S/C16H16BrN5O/c1-12(21-10-2-8-18-21)16(23)20-15-7-9-19-22(15)11-13-3-5-14(17)6-4-13/h2-10,12H,11H2,1H3,(H,20,23). The molecule has 1 aromatic carbocycles. The van der Waals surface area contributed by atoms with Gasteiger partial charge in [-0.1, -0.05) is 28.1 Å². The summed E-state index contributed by atoms with van der Waals surface area (Å²) in [5, 5.41) is 11.3. The highest BCUT2D eigenvalue weighted by Gasteiger charge is 2.16. The third kappa shape index (κ3) is 3.68. The molecule has 0 fully saturated rings. The van der Waals surface area contributed by atoms with Crippen molar-refractivity contribution in [3.05, 3.63) is 65.0 Å². The van der Waals surface area contributed by atoms with Gasteiger partial charge in [-0.2, -0.15) is 10.2 Å². The molecule has 23 heavy (non-hydrogen) atoms. The van der Waals surface area contributed by atoms with Gasteiger partial charge in [-0.05, 0) is 30.7 Å². The van der Waals surface area contributed by atoms with Crippen LogP contribution in [0.25, 0.3) is 0 Å². The summed E-state index contributed by atoms with van der Waals surface area (Å²) in [6.45, 7) is 2.39. The predicted molar refractivity (Wildman–Crippen MR) is 91.0 cm³/mol. The summed E-state index contributed by atoms with van der Waals surface area (Å²) in [4.78, 5) is 12.3. The van der Waals surface area contributed by atoms with Gasteiger partial charge in [0.05, 0.1) is 12.7 Å². The van der Waals surface area contributed by atoms with Crippen LogP contribution in [0.2, 0.25) is 0 Å². The van der Waals surface area contributed by atoms with E-state index in [9.17, 15) is 4.79 Å². The second-order valence-electron chi connectivity index (χ2n) is 5.15.